The van der Waals surface area contributed by atoms with Crippen LogP contribution >= 0.6 is 0 Å². The first-order valence-corrected chi connectivity index (χ1v) is 9.64. The minimum Gasteiger partial charge on any atom is -0.461 e. The summed E-state index contributed by atoms with van der Waals surface area (Å²) >= 11 is 0. The number of allylic oxidation sites excluding steroid dienone is 2. The third-order valence-electron chi connectivity index (χ3n) is 4.31. The van der Waals surface area contributed by atoms with Gasteiger partial charge in [0.15, 0.2) is 0 Å². The highest BCUT2D eigenvalue weighted by molar-refractivity contribution is 6.11. The minimum absolute atomic E-state index is 0.0111. The van der Waals surface area contributed by atoms with Crippen molar-refractivity contribution in [2.24, 2.45) is 10.7 Å². The average Bonchev–Trinajstić information content (AvgIpc) is 2.75. The number of esters is 1. The van der Waals surface area contributed by atoms with E-state index >= 15 is 0 Å². The van der Waals surface area contributed by atoms with Crippen molar-refractivity contribution < 1.29 is 18.7 Å². The van der Waals surface area contributed by atoms with E-state index in [1.165, 1.54) is 12.3 Å². The molecule has 2 rings (SSSR count). The largest absolute Gasteiger partial charge is 0.461 e. The summed E-state index contributed by atoms with van der Waals surface area (Å²) < 4.78 is 19.3. The van der Waals surface area contributed by atoms with Crippen LogP contribution in [0, 0.1) is 5.82 Å². The molecule has 0 saturated heterocycles. The number of benzene rings is 2. The molecule has 0 atom stereocenters. The summed E-state index contributed by atoms with van der Waals surface area (Å²) in [6.45, 7) is 2.13. The molecule has 0 aliphatic heterocycles. The van der Waals surface area contributed by atoms with Crippen molar-refractivity contribution in [1.82, 2.24) is 5.32 Å². The zero-order valence-electron chi connectivity index (χ0n) is 17.2. The van der Waals surface area contributed by atoms with Gasteiger partial charge in [0, 0.05) is 36.6 Å². The first-order valence-electron chi connectivity index (χ1n) is 9.64. The van der Waals surface area contributed by atoms with Gasteiger partial charge < -0.3 is 15.8 Å². The van der Waals surface area contributed by atoms with Crippen LogP contribution in [0.5, 0.6) is 0 Å². The molecule has 0 aromatic heterocycles. The zero-order chi connectivity index (χ0) is 21.9. The maximum absolute atomic E-state index is 14.1. The predicted molar refractivity (Wildman–Crippen MR) is 115 cm³/mol. The molecule has 0 spiro atoms. The van der Waals surface area contributed by atoms with Crippen molar-refractivity contribution >= 4 is 23.7 Å². The number of hydrogen-bond acceptors (Lipinski definition) is 5. The highest BCUT2D eigenvalue weighted by atomic mass is 19.1. The quantitative estimate of drug-likeness (QED) is 0.488. The lowest BCUT2D eigenvalue weighted by Crippen LogP contribution is -2.26. The van der Waals surface area contributed by atoms with E-state index in [1.54, 1.807) is 13.1 Å². The maximum Gasteiger partial charge on any atom is 0.307 e. The molecule has 30 heavy (non-hydrogen) atoms. The number of rotatable bonds is 9. The van der Waals surface area contributed by atoms with Crippen LogP contribution < -0.4 is 11.1 Å². The fourth-order valence-corrected chi connectivity index (χ4v) is 2.73. The van der Waals surface area contributed by atoms with Crippen molar-refractivity contribution in [3.8, 4) is 0 Å². The van der Waals surface area contributed by atoms with Crippen LogP contribution in [-0.4, -0.2) is 31.7 Å². The second-order valence-electron chi connectivity index (χ2n) is 6.56. The monoisotopic (exact) mass is 411 g/mol. The van der Waals surface area contributed by atoms with Crippen molar-refractivity contribution in [3.63, 3.8) is 0 Å². The Morgan fingerprint density at radius 3 is 2.53 bits per heavy atom. The Bertz CT molecular complexity index is 940. The number of halogens is 1. The average molecular weight is 411 g/mol. The van der Waals surface area contributed by atoms with Gasteiger partial charge >= 0.3 is 5.97 Å². The molecular formula is C23H26FN3O3. The lowest BCUT2D eigenvalue weighted by molar-refractivity contribution is -0.144. The molecule has 6 nitrogen and oxygen atoms in total. The Labute approximate surface area is 175 Å². The number of nitrogens with one attached hydrogen (secondary N) is 1. The highest BCUT2D eigenvalue weighted by Crippen LogP contribution is 2.20. The Balaban J connectivity index is 1.97. The van der Waals surface area contributed by atoms with Crippen LogP contribution in [0.3, 0.4) is 0 Å². The summed E-state index contributed by atoms with van der Waals surface area (Å²) in [4.78, 5) is 28.2. The van der Waals surface area contributed by atoms with Gasteiger partial charge in [0.2, 0.25) is 0 Å². The number of nitrogens with zero attached hydrogens (tertiary/aromatic N) is 1. The lowest BCUT2D eigenvalue weighted by Gasteiger charge is -2.10. The first kappa shape index (κ1) is 22.8. The van der Waals surface area contributed by atoms with Gasteiger partial charge in [-0.3, -0.25) is 14.6 Å². The van der Waals surface area contributed by atoms with E-state index in [9.17, 15) is 14.0 Å². The minimum atomic E-state index is -0.564. The Morgan fingerprint density at radius 2 is 1.87 bits per heavy atom. The molecule has 3 N–H and O–H groups in total. The van der Waals surface area contributed by atoms with E-state index in [0.717, 1.165) is 11.6 Å². The third kappa shape index (κ3) is 6.84. The van der Waals surface area contributed by atoms with E-state index < -0.39 is 17.7 Å². The molecule has 0 heterocycles. The summed E-state index contributed by atoms with van der Waals surface area (Å²) in [5, 5.41) is 2.61. The Hall–Kier alpha value is -3.48. The van der Waals surface area contributed by atoms with Crippen molar-refractivity contribution in [1.29, 1.82) is 0 Å². The van der Waals surface area contributed by atoms with Crippen molar-refractivity contribution in [2.45, 2.75) is 26.4 Å². The highest BCUT2D eigenvalue weighted by Gasteiger charge is 2.13. The van der Waals surface area contributed by atoms with Gasteiger partial charge in [-0.2, -0.15) is 0 Å². The van der Waals surface area contributed by atoms with Gasteiger partial charge in [-0.25, -0.2) is 4.39 Å². The normalized spacial score (nSPS) is 11.8. The molecule has 2 aromatic rings. The van der Waals surface area contributed by atoms with Gasteiger partial charge in [-0.15, -0.1) is 0 Å². The zero-order valence-corrected chi connectivity index (χ0v) is 17.2. The van der Waals surface area contributed by atoms with Crippen LogP contribution in [-0.2, 0) is 16.1 Å². The molecular weight excluding hydrogens is 385 g/mol. The van der Waals surface area contributed by atoms with E-state index in [1.807, 2.05) is 37.3 Å². The van der Waals surface area contributed by atoms with E-state index in [-0.39, 0.29) is 25.1 Å². The molecule has 0 aliphatic carbocycles. The molecule has 0 radical (unpaired) electrons. The lowest BCUT2D eigenvalue weighted by atomic mass is 10.0. The molecule has 0 aliphatic rings. The summed E-state index contributed by atoms with van der Waals surface area (Å²) in [5.74, 6) is -1.49. The molecule has 2 aromatic carbocycles. The summed E-state index contributed by atoms with van der Waals surface area (Å²) in [7, 11) is 1.59. The fourth-order valence-electron chi connectivity index (χ4n) is 2.73. The number of aliphatic imine (C=N–C) groups is 1. The number of amides is 1. The maximum atomic E-state index is 14.1. The Morgan fingerprint density at radius 1 is 1.17 bits per heavy atom. The van der Waals surface area contributed by atoms with Crippen molar-refractivity contribution in [2.75, 3.05) is 13.6 Å². The molecule has 158 valence electrons. The van der Waals surface area contributed by atoms with E-state index in [2.05, 4.69) is 10.3 Å². The number of carbonyl (C=O) groups excluding carboxylic acids is 2. The molecule has 0 fully saturated rings. The molecule has 0 unspecified atom stereocenters. The predicted octanol–water partition coefficient (Wildman–Crippen LogP) is 3.47. The van der Waals surface area contributed by atoms with Gasteiger partial charge in [0.25, 0.3) is 5.91 Å². The van der Waals surface area contributed by atoms with Crippen LogP contribution in [0.2, 0.25) is 0 Å². The molecule has 0 bridgehead atoms. The van der Waals surface area contributed by atoms with Crippen LogP contribution in [0.1, 0.15) is 41.3 Å². The SMILES string of the molecule is CCC(N)=C(C=NC)c1cc(F)cc(C(=O)NCCC(=O)OCc2ccccc2)c1. The summed E-state index contributed by atoms with van der Waals surface area (Å²) in [5.41, 5.74) is 8.60. The first-order chi connectivity index (χ1) is 14.4. The number of carbonyl (C=O) groups is 2. The van der Waals surface area contributed by atoms with Crippen LogP contribution in [0.15, 0.2) is 59.2 Å². The Kier molecular flexibility index (Phi) is 8.75. The third-order valence-corrected chi connectivity index (χ3v) is 4.31. The van der Waals surface area contributed by atoms with E-state index in [4.69, 9.17) is 10.5 Å². The number of hydrogen-bond donors (Lipinski definition) is 2. The molecule has 1 amide bonds. The fraction of sp³-hybridized carbons (Fsp3) is 0.261. The summed E-state index contributed by atoms with van der Waals surface area (Å²) in [6.07, 6.45) is 2.11. The van der Waals surface area contributed by atoms with Crippen molar-refractivity contribution in [3.05, 3.63) is 76.7 Å². The van der Waals surface area contributed by atoms with E-state index in [0.29, 0.717) is 23.3 Å². The number of ether oxygens (including phenoxy) is 1. The molecule has 7 heteroatoms. The van der Waals surface area contributed by atoms with Gasteiger partial charge in [0.1, 0.15) is 12.4 Å². The second-order valence-corrected chi connectivity index (χ2v) is 6.56. The molecule has 0 saturated carbocycles. The standard InChI is InChI=1S/C23H26FN3O3/c1-3-21(25)20(14-26-2)17-11-18(13-19(24)12-17)23(29)27-10-9-22(28)30-15-16-7-5-4-6-8-16/h4-8,11-14H,3,9-10,15,25H2,1-2H3,(H,27,29). The van der Waals surface area contributed by atoms with Gasteiger partial charge in [0.05, 0.1) is 6.42 Å². The number of nitrogens with two attached hydrogens (primary N) is 1. The summed E-state index contributed by atoms with van der Waals surface area (Å²) in [6, 6.07) is 13.3. The van der Waals surface area contributed by atoms with Gasteiger partial charge in [-0.05, 0) is 35.7 Å². The van der Waals surface area contributed by atoms with Gasteiger partial charge in [-0.1, -0.05) is 37.3 Å². The topological polar surface area (TPSA) is 93.8 Å². The van der Waals surface area contributed by atoms with Crippen LogP contribution in [0.4, 0.5) is 4.39 Å². The van der Waals surface area contributed by atoms with Crippen LogP contribution in [0.25, 0.3) is 5.57 Å². The smallest absolute Gasteiger partial charge is 0.307 e. The second kappa shape index (κ2) is 11.5.